The summed E-state index contributed by atoms with van der Waals surface area (Å²) in [7, 11) is 0. The van der Waals surface area contributed by atoms with E-state index < -0.39 is 0 Å². The van der Waals surface area contributed by atoms with Crippen molar-refractivity contribution in [2.24, 2.45) is 5.73 Å². The van der Waals surface area contributed by atoms with Gasteiger partial charge in [0.15, 0.2) is 0 Å². The van der Waals surface area contributed by atoms with Crippen LogP contribution in [0.15, 0.2) is 30.3 Å². The summed E-state index contributed by atoms with van der Waals surface area (Å²) in [5.41, 5.74) is 7.43. The van der Waals surface area contributed by atoms with Gasteiger partial charge in [-0.15, -0.1) is 0 Å². The fraction of sp³-hybridized carbons (Fsp3) is 0.571. The molecule has 1 saturated heterocycles. The molecule has 88 valence electrons. The highest BCUT2D eigenvalue weighted by Crippen LogP contribution is 2.18. The van der Waals surface area contributed by atoms with Crippen molar-refractivity contribution in [3.05, 3.63) is 35.9 Å². The zero-order valence-electron chi connectivity index (χ0n) is 10.1. The molecule has 0 spiro atoms. The number of likely N-dealkylation sites (tertiary alicyclic amines) is 1. The zero-order chi connectivity index (χ0) is 11.4. The van der Waals surface area contributed by atoms with E-state index in [0.717, 1.165) is 13.1 Å². The normalized spacial score (nSPS) is 24.2. The van der Waals surface area contributed by atoms with E-state index in [1.54, 1.807) is 0 Å². The van der Waals surface area contributed by atoms with E-state index in [-0.39, 0.29) is 0 Å². The predicted molar refractivity (Wildman–Crippen MR) is 68.5 cm³/mol. The summed E-state index contributed by atoms with van der Waals surface area (Å²) < 4.78 is 0. The number of nitrogens with two attached hydrogens (primary N) is 1. The molecule has 0 aliphatic carbocycles. The van der Waals surface area contributed by atoms with E-state index in [1.165, 1.54) is 24.9 Å². The van der Waals surface area contributed by atoms with Crippen molar-refractivity contribution in [1.82, 2.24) is 4.90 Å². The third kappa shape index (κ3) is 3.06. The molecule has 2 atom stereocenters. The number of benzene rings is 1. The molecular weight excluding hydrogens is 196 g/mol. The fourth-order valence-corrected chi connectivity index (χ4v) is 2.53. The molecule has 0 amide bonds. The van der Waals surface area contributed by atoms with Gasteiger partial charge in [0, 0.05) is 19.1 Å². The lowest BCUT2D eigenvalue weighted by Crippen LogP contribution is -2.44. The van der Waals surface area contributed by atoms with Crippen LogP contribution in [0.1, 0.15) is 31.2 Å². The number of nitrogens with zero attached hydrogens (tertiary/aromatic N) is 1. The van der Waals surface area contributed by atoms with Gasteiger partial charge in [0.2, 0.25) is 0 Å². The number of hydrogen-bond acceptors (Lipinski definition) is 2. The Morgan fingerprint density at radius 3 is 2.81 bits per heavy atom. The van der Waals surface area contributed by atoms with Gasteiger partial charge in [-0.2, -0.15) is 0 Å². The van der Waals surface area contributed by atoms with Gasteiger partial charge in [-0.3, -0.25) is 0 Å². The van der Waals surface area contributed by atoms with E-state index in [1.807, 2.05) is 0 Å². The molecule has 1 fully saturated rings. The first-order valence-electron chi connectivity index (χ1n) is 6.28. The maximum Gasteiger partial charge on any atom is 0.0168 e. The molecule has 0 bridgehead atoms. The van der Waals surface area contributed by atoms with Crippen LogP contribution in [0.2, 0.25) is 0 Å². The Balaban J connectivity index is 1.89. The standard InChI is InChI=1S/C14H22N2/c1-12(13-6-3-2-4-7-13)10-16-9-5-8-14(15)11-16/h2-4,6-7,12,14H,5,8-11,15H2,1H3. The van der Waals surface area contributed by atoms with Crippen molar-refractivity contribution >= 4 is 0 Å². The van der Waals surface area contributed by atoms with Crippen LogP contribution >= 0.6 is 0 Å². The number of piperidine rings is 1. The van der Waals surface area contributed by atoms with Gasteiger partial charge in [0.25, 0.3) is 0 Å². The Morgan fingerprint density at radius 1 is 1.38 bits per heavy atom. The lowest BCUT2D eigenvalue weighted by atomic mass is 9.99. The molecule has 1 aliphatic rings. The van der Waals surface area contributed by atoms with E-state index in [2.05, 4.69) is 42.2 Å². The van der Waals surface area contributed by atoms with Crippen molar-refractivity contribution < 1.29 is 0 Å². The van der Waals surface area contributed by atoms with Crippen LogP contribution in [0.4, 0.5) is 0 Å². The summed E-state index contributed by atoms with van der Waals surface area (Å²) in [6.45, 7) is 5.72. The average Bonchev–Trinajstić information content (AvgIpc) is 2.30. The Hall–Kier alpha value is -0.860. The zero-order valence-corrected chi connectivity index (χ0v) is 10.1. The molecule has 1 aromatic carbocycles. The van der Waals surface area contributed by atoms with Crippen LogP contribution in [-0.2, 0) is 0 Å². The highest BCUT2D eigenvalue weighted by Gasteiger charge is 2.18. The SMILES string of the molecule is CC(CN1CCCC(N)C1)c1ccccc1. The first-order chi connectivity index (χ1) is 7.75. The summed E-state index contributed by atoms with van der Waals surface area (Å²) >= 11 is 0. The lowest BCUT2D eigenvalue weighted by Gasteiger charge is -2.32. The minimum Gasteiger partial charge on any atom is -0.327 e. The Kier molecular flexibility index (Phi) is 3.97. The molecule has 16 heavy (non-hydrogen) atoms. The molecule has 0 saturated carbocycles. The predicted octanol–water partition coefficient (Wildman–Crippen LogP) is 2.21. The molecule has 2 N–H and O–H groups in total. The second kappa shape index (κ2) is 5.46. The largest absolute Gasteiger partial charge is 0.327 e. The molecule has 2 heteroatoms. The number of hydrogen-bond donors (Lipinski definition) is 1. The van der Waals surface area contributed by atoms with Crippen molar-refractivity contribution in [3.8, 4) is 0 Å². The second-order valence-electron chi connectivity index (χ2n) is 4.97. The molecule has 2 nitrogen and oxygen atoms in total. The third-order valence-electron chi connectivity index (χ3n) is 3.44. The van der Waals surface area contributed by atoms with E-state index in [0.29, 0.717) is 12.0 Å². The quantitative estimate of drug-likeness (QED) is 0.843. The van der Waals surface area contributed by atoms with E-state index in [9.17, 15) is 0 Å². The number of rotatable bonds is 3. The van der Waals surface area contributed by atoms with Gasteiger partial charge in [-0.25, -0.2) is 0 Å². The summed E-state index contributed by atoms with van der Waals surface area (Å²) in [6, 6.07) is 11.1. The summed E-state index contributed by atoms with van der Waals surface area (Å²) in [6.07, 6.45) is 2.44. The van der Waals surface area contributed by atoms with Crippen LogP contribution in [0, 0.1) is 0 Å². The van der Waals surface area contributed by atoms with Gasteiger partial charge in [-0.05, 0) is 30.9 Å². The molecule has 2 unspecified atom stereocenters. The fourth-order valence-electron chi connectivity index (χ4n) is 2.53. The van der Waals surface area contributed by atoms with Gasteiger partial charge >= 0.3 is 0 Å². The van der Waals surface area contributed by atoms with Gasteiger partial charge < -0.3 is 10.6 Å². The highest BCUT2D eigenvalue weighted by atomic mass is 15.1. The maximum absolute atomic E-state index is 6.00. The third-order valence-corrected chi connectivity index (χ3v) is 3.44. The van der Waals surface area contributed by atoms with Crippen LogP contribution < -0.4 is 5.73 Å². The van der Waals surface area contributed by atoms with Crippen LogP contribution in [0.25, 0.3) is 0 Å². The highest BCUT2D eigenvalue weighted by molar-refractivity contribution is 5.19. The molecule has 0 radical (unpaired) electrons. The summed E-state index contributed by atoms with van der Waals surface area (Å²) in [5, 5.41) is 0. The molecule has 1 heterocycles. The summed E-state index contributed by atoms with van der Waals surface area (Å²) in [5.74, 6) is 0.603. The van der Waals surface area contributed by atoms with Crippen LogP contribution in [-0.4, -0.2) is 30.6 Å². The lowest BCUT2D eigenvalue weighted by molar-refractivity contribution is 0.200. The Bertz CT molecular complexity index is 310. The van der Waals surface area contributed by atoms with Crippen LogP contribution in [0.5, 0.6) is 0 Å². The molecule has 1 aliphatic heterocycles. The van der Waals surface area contributed by atoms with E-state index >= 15 is 0 Å². The van der Waals surface area contributed by atoms with Crippen molar-refractivity contribution in [3.63, 3.8) is 0 Å². The first kappa shape index (κ1) is 11.6. The van der Waals surface area contributed by atoms with Crippen molar-refractivity contribution in [2.45, 2.75) is 31.7 Å². The topological polar surface area (TPSA) is 29.3 Å². The van der Waals surface area contributed by atoms with Gasteiger partial charge in [0.05, 0.1) is 0 Å². The Morgan fingerprint density at radius 2 is 2.12 bits per heavy atom. The minimum atomic E-state index is 0.386. The summed E-state index contributed by atoms with van der Waals surface area (Å²) in [4.78, 5) is 2.51. The maximum atomic E-state index is 6.00. The smallest absolute Gasteiger partial charge is 0.0168 e. The molecular formula is C14H22N2. The van der Waals surface area contributed by atoms with Crippen molar-refractivity contribution in [1.29, 1.82) is 0 Å². The minimum absolute atomic E-state index is 0.386. The molecule has 1 aromatic rings. The van der Waals surface area contributed by atoms with Crippen molar-refractivity contribution in [2.75, 3.05) is 19.6 Å². The first-order valence-corrected chi connectivity index (χ1v) is 6.28. The second-order valence-corrected chi connectivity index (χ2v) is 4.97. The van der Waals surface area contributed by atoms with Gasteiger partial charge in [-0.1, -0.05) is 37.3 Å². The molecule has 0 aromatic heterocycles. The molecule has 2 rings (SSSR count). The monoisotopic (exact) mass is 218 g/mol. The van der Waals surface area contributed by atoms with Gasteiger partial charge in [0.1, 0.15) is 0 Å². The van der Waals surface area contributed by atoms with E-state index in [4.69, 9.17) is 5.73 Å². The Labute approximate surface area is 98.4 Å². The van der Waals surface area contributed by atoms with Crippen LogP contribution in [0.3, 0.4) is 0 Å². The average molecular weight is 218 g/mol.